The maximum atomic E-state index is 12.7. The summed E-state index contributed by atoms with van der Waals surface area (Å²) in [5, 5.41) is 2.70. The number of fused-ring (bicyclic) bond motifs is 1. The van der Waals surface area contributed by atoms with Crippen molar-refractivity contribution in [3.05, 3.63) is 42.1 Å². The Morgan fingerprint density at radius 3 is 2.77 bits per heavy atom. The molecule has 1 aromatic carbocycles. The van der Waals surface area contributed by atoms with E-state index < -0.39 is 22.0 Å². The van der Waals surface area contributed by atoms with E-state index in [4.69, 9.17) is 14.2 Å². The maximum absolute atomic E-state index is 12.7. The highest BCUT2D eigenvalue weighted by Crippen LogP contribution is 2.31. The third kappa shape index (κ3) is 5.39. The van der Waals surface area contributed by atoms with Gasteiger partial charge in [-0.15, -0.1) is 0 Å². The lowest BCUT2D eigenvalue weighted by Gasteiger charge is -2.16. The zero-order valence-corrected chi connectivity index (χ0v) is 17.7. The number of sulfonamides is 1. The zero-order valence-electron chi connectivity index (χ0n) is 16.9. The van der Waals surface area contributed by atoms with Crippen LogP contribution in [0.3, 0.4) is 0 Å². The third-order valence-electron chi connectivity index (χ3n) is 4.34. The van der Waals surface area contributed by atoms with Crippen molar-refractivity contribution < 1.29 is 27.4 Å². The summed E-state index contributed by atoms with van der Waals surface area (Å²) in [6.45, 7) is 4.88. The Bertz CT molecular complexity index is 996. The Labute approximate surface area is 175 Å². The first kappa shape index (κ1) is 21.8. The number of aromatic nitrogens is 1. The quantitative estimate of drug-likeness (QED) is 0.647. The molecule has 1 aliphatic heterocycles. The van der Waals surface area contributed by atoms with Gasteiger partial charge in [-0.2, -0.15) is 4.72 Å². The molecule has 1 amide bonds. The Morgan fingerprint density at radius 2 is 2.00 bits per heavy atom. The van der Waals surface area contributed by atoms with Gasteiger partial charge in [0.25, 0.3) is 0 Å². The first-order valence-electron chi connectivity index (χ1n) is 9.67. The number of benzene rings is 1. The number of carbonyl (C=O) groups excluding carboxylic acids is 1. The molecule has 2 heterocycles. The van der Waals surface area contributed by atoms with Crippen LogP contribution in [0, 0.1) is 0 Å². The summed E-state index contributed by atoms with van der Waals surface area (Å²) in [6, 6.07) is 6.91. The third-order valence-corrected chi connectivity index (χ3v) is 5.88. The molecule has 162 valence electrons. The minimum absolute atomic E-state index is 0.00251. The molecule has 30 heavy (non-hydrogen) atoms. The van der Waals surface area contributed by atoms with Crippen LogP contribution >= 0.6 is 0 Å². The summed E-state index contributed by atoms with van der Waals surface area (Å²) in [4.78, 5) is 16.6. The number of carbonyl (C=O) groups is 1. The summed E-state index contributed by atoms with van der Waals surface area (Å²) in [7, 11) is -3.93. The van der Waals surface area contributed by atoms with Crippen molar-refractivity contribution in [1.29, 1.82) is 0 Å². The molecule has 1 aliphatic rings. The molecule has 3 rings (SSSR count). The van der Waals surface area contributed by atoms with Gasteiger partial charge in [0, 0.05) is 30.8 Å². The molecule has 9 nitrogen and oxygen atoms in total. The first-order valence-corrected chi connectivity index (χ1v) is 11.2. The summed E-state index contributed by atoms with van der Waals surface area (Å²) < 4.78 is 44.3. The predicted octanol–water partition coefficient (Wildman–Crippen LogP) is 1.62. The van der Waals surface area contributed by atoms with Crippen LogP contribution in [0.2, 0.25) is 0 Å². The van der Waals surface area contributed by atoms with Crippen LogP contribution in [0.25, 0.3) is 0 Å². The van der Waals surface area contributed by atoms with E-state index in [-0.39, 0.29) is 11.4 Å². The average molecular weight is 436 g/mol. The van der Waals surface area contributed by atoms with Crippen LogP contribution < -0.4 is 24.2 Å². The second kappa shape index (κ2) is 9.77. The molecule has 2 N–H and O–H groups in total. The van der Waals surface area contributed by atoms with Gasteiger partial charge in [0.05, 0.1) is 30.8 Å². The maximum Gasteiger partial charge on any atom is 0.241 e. The highest BCUT2D eigenvalue weighted by atomic mass is 32.2. The van der Waals surface area contributed by atoms with Gasteiger partial charge >= 0.3 is 0 Å². The predicted molar refractivity (Wildman–Crippen MR) is 109 cm³/mol. The lowest BCUT2D eigenvalue weighted by atomic mass is 10.2. The lowest BCUT2D eigenvalue weighted by molar-refractivity contribution is -0.122. The molecular weight excluding hydrogens is 410 g/mol. The highest BCUT2D eigenvalue weighted by molar-refractivity contribution is 7.89. The molecule has 0 aliphatic carbocycles. The molecule has 1 unspecified atom stereocenters. The summed E-state index contributed by atoms with van der Waals surface area (Å²) in [5.41, 5.74) is 0.700. The van der Waals surface area contributed by atoms with Crippen molar-refractivity contribution in [1.82, 2.24) is 15.0 Å². The van der Waals surface area contributed by atoms with E-state index in [0.29, 0.717) is 49.2 Å². The van der Waals surface area contributed by atoms with Crippen LogP contribution in [0.4, 0.5) is 0 Å². The minimum atomic E-state index is -3.93. The van der Waals surface area contributed by atoms with Crippen molar-refractivity contribution in [2.24, 2.45) is 0 Å². The summed E-state index contributed by atoms with van der Waals surface area (Å²) in [5.74, 6) is 0.825. The van der Waals surface area contributed by atoms with Gasteiger partial charge in [-0.3, -0.25) is 4.79 Å². The SMILES string of the molecule is CCOc1ncccc1CNC(=O)C(C)NS(=O)(=O)c1ccc2c(c1)OCCCO2. The van der Waals surface area contributed by atoms with Crippen molar-refractivity contribution in [3.8, 4) is 17.4 Å². The molecule has 0 saturated heterocycles. The molecule has 0 bridgehead atoms. The molecule has 10 heteroatoms. The average Bonchev–Trinajstić information content (AvgIpc) is 2.97. The van der Waals surface area contributed by atoms with Gasteiger partial charge in [-0.1, -0.05) is 6.07 Å². The summed E-state index contributed by atoms with van der Waals surface area (Å²) >= 11 is 0. The van der Waals surface area contributed by atoms with E-state index in [1.165, 1.54) is 19.1 Å². The van der Waals surface area contributed by atoms with E-state index in [0.717, 1.165) is 0 Å². The number of nitrogens with zero attached hydrogens (tertiary/aromatic N) is 1. The van der Waals surface area contributed by atoms with Gasteiger partial charge in [-0.25, -0.2) is 13.4 Å². The second-order valence-electron chi connectivity index (χ2n) is 6.62. The van der Waals surface area contributed by atoms with Gasteiger partial charge < -0.3 is 19.5 Å². The number of hydrogen-bond donors (Lipinski definition) is 2. The normalized spacial score (nSPS) is 14.5. The van der Waals surface area contributed by atoms with Gasteiger partial charge in [0.1, 0.15) is 0 Å². The van der Waals surface area contributed by atoms with Crippen molar-refractivity contribution in [3.63, 3.8) is 0 Å². The van der Waals surface area contributed by atoms with Gasteiger partial charge in [-0.05, 0) is 32.0 Å². The fraction of sp³-hybridized carbons (Fsp3) is 0.400. The number of rotatable bonds is 8. The summed E-state index contributed by atoms with van der Waals surface area (Å²) in [6.07, 6.45) is 2.32. The Kier molecular flexibility index (Phi) is 7.11. The minimum Gasteiger partial charge on any atom is -0.490 e. The van der Waals surface area contributed by atoms with Crippen LogP contribution in [-0.4, -0.2) is 45.2 Å². The first-order chi connectivity index (χ1) is 14.4. The number of pyridine rings is 1. The molecule has 0 saturated carbocycles. The Hall–Kier alpha value is -2.85. The second-order valence-corrected chi connectivity index (χ2v) is 8.33. The van der Waals surface area contributed by atoms with Gasteiger partial charge in [0.15, 0.2) is 11.5 Å². The molecule has 0 radical (unpaired) electrons. The van der Waals surface area contributed by atoms with E-state index >= 15 is 0 Å². The smallest absolute Gasteiger partial charge is 0.241 e. The molecule has 0 fully saturated rings. The Balaban J connectivity index is 1.64. The number of ether oxygens (including phenoxy) is 3. The van der Waals surface area contributed by atoms with Crippen LogP contribution in [0.15, 0.2) is 41.4 Å². The molecular formula is C20H25N3O6S. The lowest BCUT2D eigenvalue weighted by Crippen LogP contribution is -2.44. The largest absolute Gasteiger partial charge is 0.490 e. The number of amides is 1. The molecule has 2 aromatic rings. The zero-order chi connectivity index (χ0) is 21.6. The molecule has 0 spiro atoms. The fourth-order valence-electron chi connectivity index (χ4n) is 2.83. The Morgan fingerprint density at radius 1 is 1.23 bits per heavy atom. The van der Waals surface area contributed by atoms with E-state index in [1.54, 1.807) is 24.4 Å². The van der Waals surface area contributed by atoms with Crippen LogP contribution in [-0.2, 0) is 21.4 Å². The van der Waals surface area contributed by atoms with Crippen LogP contribution in [0.1, 0.15) is 25.8 Å². The van der Waals surface area contributed by atoms with Crippen molar-refractivity contribution >= 4 is 15.9 Å². The van der Waals surface area contributed by atoms with E-state index in [9.17, 15) is 13.2 Å². The highest BCUT2D eigenvalue weighted by Gasteiger charge is 2.24. The standard InChI is InChI=1S/C20H25N3O6S/c1-3-27-20-15(6-4-9-21-20)13-22-19(24)14(2)23-30(25,26)16-7-8-17-18(12-16)29-11-5-10-28-17/h4,6-9,12,14,23H,3,5,10-11,13H2,1-2H3,(H,22,24). The topological polar surface area (TPSA) is 116 Å². The fourth-order valence-corrected chi connectivity index (χ4v) is 4.04. The molecule has 1 atom stereocenters. The van der Waals surface area contributed by atoms with Crippen molar-refractivity contribution in [2.75, 3.05) is 19.8 Å². The number of nitrogens with one attached hydrogen (secondary N) is 2. The number of hydrogen-bond acceptors (Lipinski definition) is 7. The van der Waals surface area contributed by atoms with E-state index in [2.05, 4.69) is 15.0 Å². The van der Waals surface area contributed by atoms with E-state index in [1.807, 2.05) is 6.92 Å². The van der Waals surface area contributed by atoms with Gasteiger partial charge in [0.2, 0.25) is 21.8 Å². The monoisotopic (exact) mass is 435 g/mol. The van der Waals surface area contributed by atoms with Crippen molar-refractivity contribution in [2.45, 2.75) is 37.8 Å². The van der Waals surface area contributed by atoms with Crippen LogP contribution in [0.5, 0.6) is 17.4 Å². The molecule has 1 aromatic heterocycles.